The summed E-state index contributed by atoms with van der Waals surface area (Å²) in [5.41, 5.74) is 2.90. The van der Waals surface area contributed by atoms with E-state index in [0.717, 1.165) is 31.6 Å². The molecule has 0 aromatic heterocycles. The molecule has 0 aromatic rings. The molecular weight excluding hydrogens is 244 g/mol. The second-order valence-corrected chi connectivity index (χ2v) is 7.95. The molecule has 0 heterocycles. The second-order valence-electron chi connectivity index (χ2n) is 7.95. The molecule has 1 rings (SSSR count). The van der Waals surface area contributed by atoms with Gasteiger partial charge in [0.2, 0.25) is 0 Å². The fourth-order valence-corrected chi connectivity index (χ4v) is 3.52. The lowest BCUT2D eigenvalue weighted by molar-refractivity contribution is -0.118. The summed E-state index contributed by atoms with van der Waals surface area (Å²) in [6, 6.07) is 0. The SMILES string of the molecule is CCCC1(C)CC(=O)C(CC(C)C)=C(CCC(C)C)C1. The average molecular weight is 278 g/mol. The van der Waals surface area contributed by atoms with Crippen LogP contribution in [0.5, 0.6) is 0 Å². The highest BCUT2D eigenvalue weighted by molar-refractivity contribution is 5.97. The summed E-state index contributed by atoms with van der Waals surface area (Å²) >= 11 is 0. The van der Waals surface area contributed by atoms with E-state index in [0.29, 0.717) is 11.7 Å². The maximum Gasteiger partial charge on any atom is 0.159 e. The first-order chi connectivity index (χ1) is 9.27. The number of hydrogen-bond donors (Lipinski definition) is 0. The third-order valence-electron chi connectivity index (χ3n) is 4.48. The Labute approximate surface area is 126 Å². The molecule has 1 unspecified atom stereocenters. The van der Waals surface area contributed by atoms with Crippen molar-refractivity contribution >= 4 is 5.78 Å². The molecule has 0 saturated heterocycles. The summed E-state index contributed by atoms with van der Waals surface area (Å²) in [6.45, 7) is 13.5. The summed E-state index contributed by atoms with van der Waals surface area (Å²) in [5, 5.41) is 0. The first-order valence-electron chi connectivity index (χ1n) is 8.51. The van der Waals surface area contributed by atoms with Crippen molar-refractivity contribution in [2.75, 3.05) is 0 Å². The van der Waals surface area contributed by atoms with Gasteiger partial charge in [0.25, 0.3) is 0 Å². The van der Waals surface area contributed by atoms with E-state index in [1.54, 1.807) is 0 Å². The van der Waals surface area contributed by atoms with Gasteiger partial charge in [-0.3, -0.25) is 4.79 Å². The van der Waals surface area contributed by atoms with Crippen LogP contribution in [0, 0.1) is 17.3 Å². The summed E-state index contributed by atoms with van der Waals surface area (Å²) in [6.07, 6.45) is 7.61. The molecule has 0 amide bonds. The standard InChI is InChI=1S/C19H34O/c1-7-10-19(6)12-16(9-8-14(2)3)17(11-15(4)5)18(20)13-19/h14-15H,7-13H2,1-6H3. The van der Waals surface area contributed by atoms with Crippen LogP contribution in [0.2, 0.25) is 0 Å². The van der Waals surface area contributed by atoms with Crippen molar-refractivity contribution in [3.63, 3.8) is 0 Å². The lowest BCUT2D eigenvalue weighted by Gasteiger charge is -2.36. The van der Waals surface area contributed by atoms with Gasteiger partial charge in [0.1, 0.15) is 0 Å². The van der Waals surface area contributed by atoms with Crippen LogP contribution >= 0.6 is 0 Å². The molecule has 1 nitrogen and oxygen atoms in total. The van der Waals surface area contributed by atoms with Crippen molar-refractivity contribution in [1.82, 2.24) is 0 Å². The van der Waals surface area contributed by atoms with E-state index >= 15 is 0 Å². The van der Waals surface area contributed by atoms with Crippen LogP contribution in [-0.2, 0) is 4.79 Å². The van der Waals surface area contributed by atoms with Gasteiger partial charge in [-0.05, 0) is 54.9 Å². The zero-order valence-corrected chi connectivity index (χ0v) is 14.5. The van der Waals surface area contributed by atoms with Crippen LogP contribution in [-0.4, -0.2) is 5.78 Å². The van der Waals surface area contributed by atoms with Crippen LogP contribution in [0.15, 0.2) is 11.1 Å². The Morgan fingerprint density at radius 1 is 1.10 bits per heavy atom. The van der Waals surface area contributed by atoms with Gasteiger partial charge in [0.15, 0.2) is 5.78 Å². The highest BCUT2D eigenvalue weighted by Gasteiger charge is 2.35. The van der Waals surface area contributed by atoms with E-state index in [1.807, 2.05) is 0 Å². The van der Waals surface area contributed by atoms with Gasteiger partial charge in [-0.15, -0.1) is 0 Å². The topological polar surface area (TPSA) is 17.1 Å². The second kappa shape index (κ2) is 7.43. The molecule has 1 atom stereocenters. The van der Waals surface area contributed by atoms with E-state index in [9.17, 15) is 4.79 Å². The van der Waals surface area contributed by atoms with E-state index < -0.39 is 0 Å². The van der Waals surface area contributed by atoms with Gasteiger partial charge < -0.3 is 0 Å². The van der Waals surface area contributed by atoms with Crippen LogP contribution < -0.4 is 0 Å². The van der Waals surface area contributed by atoms with Crippen molar-refractivity contribution in [2.45, 2.75) is 86.5 Å². The van der Waals surface area contributed by atoms with E-state index in [1.165, 1.54) is 30.4 Å². The number of carbonyl (C=O) groups excluding carboxylic acids is 1. The molecule has 0 bridgehead atoms. The molecule has 0 saturated carbocycles. The quantitative estimate of drug-likeness (QED) is 0.563. The molecule has 116 valence electrons. The Hall–Kier alpha value is -0.590. The largest absolute Gasteiger partial charge is 0.295 e. The number of ketones is 1. The highest BCUT2D eigenvalue weighted by atomic mass is 16.1. The maximum absolute atomic E-state index is 12.6. The minimum absolute atomic E-state index is 0.221. The predicted molar refractivity (Wildman–Crippen MR) is 87.8 cm³/mol. The summed E-state index contributed by atoms with van der Waals surface area (Å²) in [5.74, 6) is 1.75. The van der Waals surface area contributed by atoms with Crippen LogP contribution in [0.25, 0.3) is 0 Å². The first-order valence-corrected chi connectivity index (χ1v) is 8.51. The smallest absolute Gasteiger partial charge is 0.159 e. The summed E-state index contributed by atoms with van der Waals surface area (Å²) in [7, 11) is 0. The maximum atomic E-state index is 12.6. The monoisotopic (exact) mass is 278 g/mol. The fourth-order valence-electron chi connectivity index (χ4n) is 3.52. The van der Waals surface area contributed by atoms with Gasteiger partial charge in [-0.25, -0.2) is 0 Å². The molecule has 0 N–H and O–H groups in total. The van der Waals surface area contributed by atoms with E-state index in [-0.39, 0.29) is 5.41 Å². The number of allylic oxidation sites excluding steroid dienone is 2. The minimum atomic E-state index is 0.221. The molecule has 0 aromatic carbocycles. The Morgan fingerprint density at radius 3 is 2.25 bits per heavy atom. The Kier molecular flexibility index (Phi) is 6.48. The molecule has 0 aliphatic heterocycles. The van der Waals surface area contributed by atoms with Gasteiger partial charge in [0, 0.05) is 6.42 Å². The molecule has 0 radical (unpaired) electrons. The van der Waals surface area contributed by atoms with Crippen LogP contribution in [0.4, 0.5) is 0 Å². The lowest BCUT2D eigenvalue weighted by atomic mass is 9.68. The normalized spacial score (nSPS) is 24.1. The van der Waals surface area contributed by atoms with E-state index in [4.69, 9.17) is 0 Å². The average Bonchev–Trinajstić information content (AvgIpc) is 2.30. The van der Waals surface area contributed by atoms with Crippen LogP contribution in [0.1, 0.15) is 86.5 Å². The Morgan fingerprint density at radius 2 is 1.75 bits per heavy atom. The third kappa shape index (κ3) is 5.07. The first kappa shape index (κ1) is 17.5. The summed E-state index contributed by atoms with van der Waals surface area (Å²) < 4.78 is 0. The number of carbonyl (C=O) groups is 1. The van der Waals surface area contributed by atoms with Gasteiger partial charge in [-0.1, -0.05) is 53.5 Å². The fraction of sp³-hybridized carbons (Fsp3) is 0.842. The molecule has 0 spiro atoms. The van der Waals surface area contributed by atoms with Crippen molar-refractivity contribution < 1.29 is 4.79 Å². The predicted octanol–water partition coefficient (Wildman–Crippen LogP) is 5.93. The summed E-state index contributed by atoms with van der Waals surface area (Å²) in [4.78, 5) is 12.6. The van der Waals surface area contributed by atoms with Crippen molar-refractivity contribution in [2.24, 2.45) is 17.3 Å². The lowest BCUT2D eigenvalue weighted by Crippen LogP contribution is -2.29. The minimum Gasteiger partial charge on any atom is -0.295 e. The third-order valence-corrected chi connectivity index (χ3v) is 4.48. The van der Waals surface area contributed by atoms with Crippen molar-refractivity contribution in [1.29, 1.82) is 0 Å². The van der Waals surface area contributed by atoms with Crippen molar-refractivity contribution in [3.05, 3.63) is 11.1 Å². The van der Waals surface area contributed by atoms with Gasteiger partial charge in [0.05, 0.1) is 0 Å². The highest BCUT2D eigenvalue weighted by Crippen LogP contribution is 2.43. The molecule has 1 aliphatic rings. The Bertz CT molecular complexity index is 362. The molecule has 1 aliphatic carbocycles. The molecular formula is C19H34O. The number of hydrogen-bond acceptors (Lipinski definition) is 1. The molecule has 1 heteroatoms. The number of Topliss-reactive ketones (excluding diaryl/α,β-unsaturated/α-hetero) is 1. The number of rotatable bonds is 7. The zero-order valence-electron chi connectivity index (χ0n) is 14.5. The van der Waals surface area contributed by atoms with Crippen LogP contribution in [0.3, 0.4) is 0 Å². The van der Waals surface area contributed by atoms with E-state index in [2.05, 4.69) is 41.5 Å². The van der Waals surface area contributed by atoms with Gasteiger partial charge >= 0.3 is 0 Å². The van der Waals surface area contributed by atoms with Gasteiger partial charge in [-0.2, -0.15) is 0 Å². The van der Waals surface area contributed by atoms with Crippen molar-refractivity contribution in [3.8, 4) is 0 Å². The Balaban J connectivity index is 2.97. The molecule has 0 fully saturated rings. The molecule has 20 heavy (non-hydrogen) atoms. The zero-order chi connectivity index (χ0) is 15.3.